The van der Waals surface area contributed by atoms with Crippen LogP contribution in [0.3, 0.4) is 0 Å². The molecule has 152 valence electrons. The summed E-state index contributed by atoms with van der Waals surface area (Å²) in [6, 6.07) is 9.25. The minimum absolute atomic E-state index is 0.0766. The van der Waals surface area contributed by atoms with Crippen molar-refractivity contribution in [3.05, 3.63) is 41.7 Å². The molecule has 0 radical (unpaired) electrons. The van der Waals surface area contributed by atoms with Crippen LogP contribution in [0.25, 0.3) is 0 Å². The zero-order chi connectivity index (χ0) is 20.4. The van der Waals surface area contributed by atoms with Gasteiger partial charge in [-0.05, 0) is 32.0 Å². The molecule has 29 heavy (non-hydrogen) atoms. The number of ether oxygens (including phenoxy) is 2. The van der Waals surface area contributed by atoms with Gasteiger partial charge in [0, 0.05) is 37.6 Å². The molecule has 2 aromatic rings. The average molecular weight is 396 g/mol. The summed E-state index contributed by atoms with van der Waals surface area (Å²) in [5.74, 6) is 1.89. The Morgan fingerprint density at radius 1 is 1.07 bits per heavy atom. The van der Waals surface area contributed by atoms with Crippen molar-refractivity contribution in [2.45, 2.75) is 20.0 Å². The van der Waals surface area contributed by atoms with E-state index in [2.05, 4.69) is 15.0 Å². The van der Waals surface area contributed by atoms with Crippen LogP contribution in [-0.4, -0.2) is 70.5 Å². The number of rotatable bonds is 2. The summed E-state index contributed by atoms with van der Waals surface area (Å²) in [5.41, 5.74) is 7.83. The van der Waals surface area contributed by atoms with Gasteiger partial charge in [0.05, 0.1) is 0 Å². The van der Waals surface area contributed by atoms with Crippen LogP contribution in [0.2, 0.25) is 0 Å². The molecule has 1 saturated heterocycles. The fourth-order valence-corrected chi connectivity index (χ4v) is 3.43. The highest BCUT2D eigenvalue weighted by molar-refractivity contribution is 5.83. The first-order chi connectivity index (χ1) is 14.0. The second-order valence-electron chi connectivity index (χ2n) is 7.10. The molecule has 0 unspecified atom stereocenters. The van der Waals surface area contributed by atoms with Crippen molar-refractivity contribution in [1.29, 1.82) is 0 Å². The second-order valence-corrected chi connectivity index (χ2v) is 7.10. The van der Waals surface area contributed by atoms with Gasteiger partial charge in [-0.25, -0.2) is 9.97 Å². The Balaban J connectivity index is 1.35. The maximum absolute atomic E-state index is 12.8. The molecular weight excluding hydrogens is 372 g/mol. The van der Waals surface area contributed by atoms with Gasteiger partial charge in [-0.3, -0.25) is 4.79 Å². The maximum atomic E-state index is 12.8. The predicted molar refractivity (Wildman–Crippen MR) is 107 cm³/mol. The van der Waals surface area contributed by atoms with Gasteiger partial charge in [-0.1, -0.05) is 12.1 Å². The SMILES string of the molecule is Cc1cc(C)nc(N=C(N)N2CCN(C(=O)[C@H]3COc4ccccc4O3)CC2)n1. The van der Waals surface area contributed by atoms with E-state index in [1.807, 2.05) is 43.0 Å². The largest absolute Gasteiger partial charge is 0.485 e. The molecule has 9 heteroatoms. The van der Waals surface area contributed by atoms with Gasteiger partial charge in [0.25, 0.3) is 11.9 Å². The van der Waals surface area contributed by atoms with E-state index in [1.165, 1.54) is 0 Å². The lowest BCUT2D eigenvalue weighted by molar-refractivity contribution is -0.142. The van der Waals surface area contributed by atoms with Gasteiger partial charge in [-0.2, -0.15) is 4.99 Å². The van der Waals surface area contributed by atoms with E-state index >= 15 is 0 Å². The molecule has 0 spiro atoms. The van der Waals surface area contributed by atoms with Crippen LogP contribution < -0.4 is 15.2 Å². The van der Waals surface area contributed by atoms with Crippen molar-refractivity contribution >= 4 is 17.8 Å². The molecule has 1 aromatic carbocycles. The zero-order valence-corrected chi connectivity index (χ0v) is 16.5. The Morgan fingerprint density at radius 3 is 2.38 bits per heavy atom. The maximum Gasteiger partial charge on any atom is 0.267 e. The van der Waals surface area contributed by atoms with Gasteiger partial charge in [-0.15, -0.1) is 0 Å². The number of carbonyl (C=O) groups excluding carboxylic acids is 1. The van der Waals surface area contributed by atoms with Crippen molar-refractivity contribution in [3.63, 3.8) is 0 Å². The van der Waals surface area contributed by atoms with E-state index in [0.29, 0.717) is 49.6 Å². The Bertz CT molecular complexity index is 919. The number of hydrogen-bond acceptors (Lipinski definition) is 6. The summed E-state index contributed by atoms with van der Waals surface area (Å²) in [4.78, 5) is 29.5. The summed E-state index contributed by atoms with van der Waals surface area (Å²) in [6.07, 6.45) is -0.633. The lowest BCUT2D eigenvalue weighted by Gasteiger charge is -2.37. The molecule has 2 aliphatic rings. The third-order valence-electron chi connectivity index (χ3n) is 4.88. The molecule has 3 heterocycles. The van der Waals surface area contributed by atoms with Crippen LogP contribution in [-0.2, 0) is 4.79 Å². The molecular formula is C20H24N6O3. The molecule has 1 atom stereocenters. The second kappa shape index (κ2) is 7.94. The fourth-order valence-electron chi connectivity index (χ4n) is 3.43. The first-order valence-corrected chi connectivity index (χ1v) is 9.58. The van der Waals surface area contributed by atoms with Crippen LogP contribution in [0, 0.1) is 13.8 Å². The topological polar surface area (TPSA) is 106 Å². The number of nitrogens with zero attached hydrogens (tertiary/aromatic N) is 5. The Kier molecular flexibility index (Phi) is 5.20. The summed E-state index contributed by atoms with van der Waals surface area (Å²) in [7, 11) is 0. The van der Waals surface area contributed by atoms with Crippen LogP contribution >= 0.6 is 0 Å². The molecule has 1 fully saturated rings. The summed E-state index contributed by atoms with van der Waals surface area (Å²) in [5, 5.41) is 0. The highest BCUT2D eigenvalue weighted by Crippen LogP contribution is 2.31. The molecule has 4 rings (SSSR count). The van der Waals surface area contributed by atoms with Gasteiger partial charge in [0.1, 0.15) is 6.61 Å². The Morgan fingerprint density at radius 2 is 1.69 bits per heavy atom. The van der Waals surface area contributed by atoms with Gasteiger partial charge >= 0.3 is 0 Å². The third-order valence-corrected chi connectivity index (χ3v) is 4.88. The number of aryl methyl sites for hydroxylation is 2. The summed E-state index contributed by atoms with van der Waals surface area (Å²) >= 11 is 0. The minimum Gasteiger partial charge on any atom is -0.485 e. The molecule has 0 aliphatic carbocycles. The van der Waals surface area contributed by atoms with Crippen LogP contribution in [0.1, 0.15) is 11.4 Å². The third kappa shape index (κ3) is 4.23. The molecule has 2 N–H and O–H groups in total. The Hall–Kier alpha value is -3.36. The number of nitrogens with two attached hydrogens (primary N) is 1. The van der Waals surface area contributed by atoms with Crippen molar-refractivity contribution < 1.29 is 14.3 Å². The van der Waals surface area contributed by atoms with E-state index < -0.39 is 6.10 Å². The van der Waals surface area contributed by atoms with Crippen molar-refractivity contribution in [1.82, 2.24) is 19.8 Å². The smallest absolute Gasteiger partial charge is 0.267 e. The molecule has 1 amide bonds. The van der Waals surface area contributed by atoms with E-state index in [-0.39, 0.29) is 12.5 Å². The van der Waals surface area contributed by atoms with Crippen LogP contribution in [0.5, 0.6) is 11.5 Å². The number of fused-ring (bicyclic) bond motifs is 1. The average Bonchev–Trinajstić information content (AvgIpc) is 2.72. The number of aliphatic imine (C=N–C) groups is 1. The number of carbonyl (C=O) groups is 1. The molecule has 2 aliphatic heterocycles. The van der Waals surface area contributed by atoms with E-state index in [0.717, 1.165) is 11.4 Å². The summed E-state index contributed by atoms with van der Waals surface area (Å²) in [6.45, 7) is 6.22. The monoisotopic (exact) mass is 396 g/mol. The molecule has 0 saturated carbocycles. The normalized spacial score (nSPS) is 19.2. The summed E-state index contributed by atoms with van der Waals surface area (Å²) < 4.78 is 11.5. The van der Waals surface area contributed by atoms with Gasteiger partial charge in [0.15, 0.2) is 17.5 Å². The van der Waals surface area contributed by atoms with Crippen LogP contribution in [0.15, 0.2) is 35.3 Å². The quantitative estimate of drug-likeness (QED) is 0.597. The Labute approximate surface area is 169 Å². The van der Waals surface area contributed by atoms with Crippen molar-refractivity contribution in [3.8, 4) is 11.5 Å². The molecule has 9 nitrogen and oxygen atoms in total. The van der Waals surface area contributed by atoms with Crippen molar-refractivity contribution in [2.24, 2.45) is 10.7 Å². The first kappa shape index (κ1) is 19.0. The van der Waals surface area contributed by atoms with Crippen LogP contribution in [0.4, 0.5) is 5.95 Å². The molecule has 1 aromatic heterocycles. The highest BCUT2D eigenvalue weighted by atomic mass is 16.6. The number of piperazine rings is 1. The highest BCUT2D eigenvalue weighted by Gasteiger charge is 2.33. The van der Waals surface area contributed by atoms with E-state index in [9.17, 15) is 4.79 Å². The fraction of sp³-hybridized carbons (Fsp3) is 0.400. The lowest BCUT2D eigenvalue weighted by Crippen LogP contribution is -2.56. The van der Waals surface area contributed by atoms with Gasteiger partial charge in [0.2, 0.25) is 6.10 Å². The lowest BCUT2D eigenvalue weighted by atomic mass is 10.2. The molecule has 0 bridgehead atoms. The van der Waals surface area contributed by atoms with E-state index in [4.69, 9.17) is 15.2 Å². The first-order valence-electron chi connectivity index (χ1n) is 9.58. The number of amides is 1. The van der Waals surface area contributed by atoms with E-state index in [1.54, 1.807) is 11.0 Å². The number of aromatic nitrogens is 2. The van der Waals surface area contributed by atoms with Gasteiger partial charge < -0.3 is 25.0 Å². The van der Waals surface area contributed by atoms with Crippen molar-refractivity contribution in [2.75, 3.05) is 32.8 Å². The number of hydrogen-bond donors (Lipinski definition) is 1. The number of guanidine groups is 1. The zero-order valence-electron chi connectivity index (χ0n) is 16.5. The predicted octanol–water partition coefficient (Wildman–Crippen LogP) is 1.02. The number of para-hydroxylation sites is 2. The minimum atomic E-state index is -0.633. The number of benzene rings is 1. The standard InChI is InChI=1S/C20H24N6O3/c1-13-11-14(2)23-20(22-13)24-19(21)26-9-7-25(8-10-26)18(27)17-12-28-15-5-3-4-6-16(15)29-17/h3-6,11,17H,7-10,12H2,1-2H3,(H2,21,22,23,24)/t17-/m1/s1.